The summed E-state index contributed by atoms with van der Waals surface area (Å²) in [7, 11) is 0. The van der Waals surface area contributed by atoms with E-state index in [0.717, 1.165) is 11.1 Å². The van der Waals surface area contributed by atoms with E-state index < -0.39 is 12.0 Å². The molecule has 0 unspecified atom stereocenters. The van der Waals surface area contributed by atoms with E-state index in [1.165, 1.54) is 4.90 Å². The van der Waals surface area contributed by atoms with Crippen molar-refractivity contribution in [3.8, 4) is 0 Å². The van der Waals surface area contributed by atoms with Crippen LogP contribution in [0.4, 0.5) is 0 Å². The van der Waals surface area contributed by atoms with Gasteiger partial charge in [-0.2, -0.15) is 0 Å². The highest BCUT2D eigenvalue weighted by Gasteiger charge is 2.33. The summed E-state index contributed by atoms with van der Waals surface area (Å²) in [4.78, 5) is 24.9. The van der Waals surface area contributed by atoms with E-state index in [-0.39, 0.29) is 5.91 Å². The lowest BCUT2D eigenvalue weighted by Gasteiger charge is -2.34. The number of nitrogens with zero attached hydrogens (tertiary/aromatic N) is 1. The van der Waals surface area contributed by atoms with Gasteiger partial charge in [-0.15, -0.1) is 6.58 Å². The molecule has 1 aliphatic rings. The lowest BCUT2D eigenvalue weighted by Crippen LogP contribution is -2.48. The summed E-state index contributed by atoms with van der Waals surface area (Å²) in [6, 6.07) is 6.92. The van der Waals surface area contributed by atoms with Crippen molar-refractivity contribution in [2.24, 2.45) is 0 Å². The van der Waals surface area contributed by atoms with Crippen molar-refractivity contribution >= 4 is 11.9 Å². The third-order valence-electron chi connectivity index (χ3n) is 3.42. The number of carbonyl (C=O) groups excluding carboxylic acids is 1. The van der Waals surface area contributed by atoms with Crippen LogP contribution in [0.15, 0.2) is 36.9 Å². The lowest BCUT2D eigenvalue weighted by molar-refractivity contribution is -0.151. The summed E-state index contributed by atoms with van der Waals surface area (Å²) >= 11 is 0. The molecule has 0 saturated heterocycles. The fraction of sp³-hybridized carbons (Fsp3) is 0.333. The molecule has 1 aromatic rings. The zero-order valence-electron chi connectivity index (χ0n) is 10.7. The summed E-state index contributed by atoms with van der Waals surface area (Å²) in [6.07, 6.45) is 2.94. The van der Waals surface area contributed by atoms with Gasteiger partial charge in [0.25, 0.3) is 0 Å². The van der Waals surface area contributed by atoms with Crippen LogP contribution >= 0.6 is 0 Å². The Bertz CT molecular complexity index is 510. The number of carbonyl (C=O) groups is 2. The van der Waals surface area contributed by atoms with Crippen LogP contribution in [0.3, 0.4) is 0 Å². The number of hydrogen-bond acceptors (Lipinski definition) is 2. The fourth-order valence-corrected chi connectivity index (χ4v) is 2.37. The van der Waals surface area contributed by atoms with Crippen LogP contribution in [0.25, 0.3) is 0 Å². The number of benzene rings is 1. The van der Waals surface area contributed by atoms with E-state index in [2.05, 4.69) is 6.58 Å². The van der Waals surface area contributed by atoms with Crippen LogP contribution in [-0.2, 0) is 22.6 Å². The molecule has 2 rings (SSSR count). The minimum absolute atomic E-state index is 0.123. The highest BCUT2D eigenvalue weighted by molar-refractivity contribution is 5.84. The van der Waals surface area contributed by atoms with Crippen molar-refractivity contribution in [3.05, 3.63) is 48.0 Å². The van der Waals surface area contributed by atoms with Gasteiger partial charge in [0.1, 0.15) is 6.04 Å². The first-order valence-electron chi connectivity index (χ1n) is 6.33. The Labute approximate surface area is 112 Å². The lowest BCUT2D eigenvalue weighted by atomic mass is 9.93. The molecule has 0 radical (unpaired) electrons. The molecule has 0 bridgehead atoms. The molecule has 0 spiro atoms. The van der Waals surface area contributed by atoms with Gasteiger partial charge >= 0.3 is 5.97 Å². The Kier molecular flexibility index (Phi) is 4.00. The maximum absolute atomic E-state index is 12.1. The molecule has 0 aromatic heterocycles. The third kappa shape index (κ3) is 2.84. The minimum atomic E-state index is -0.943. The molecule has 1 aliphatic heterocycles. The smallest absolute Gasteiger partial charge is 0.326 e. The summed E-state index contributed by atoms with van der Waals surface area (Å²) in [5.41, 5.74) is 2.05. The van der Waals surface area contributed by atoms with E-state index in [0.29, 0.717) is 25.8 Å². The van der Waals surface area contributed by atoms with Crippen molar-refractivity contribution in [2.75, 3.05) is 0 Å². The van der Waals surface area contributed by atoms with Gasteiger partial charge in [0.05, 0.1) is 0 Å². The second-order valence-corrected chi connectivity index (χ2v) is 4.68. The van der Waals surface area contributed by atoms with E-state index in [9.17, 15) is 14.7 Å². The molecule has 0 aliphatic carbocycles. The van der Waals surface area contributed by atoms with Crippen LogP contribution in [0.2, 0.25) is 0 Å². The molecule has 1 aromatic carbocycles. The predicted molar refractivity (Wildman–Crippen MR) is 71.6 cm³/mol. The Morgan fingerprint density at radius 1 is 1.37 bits per heavy atom. The summed E-state index contributed by atoms with van der Waals surface area (Å²) < 4.78 is 0. The number of carboxylic acids is 1. The van der Waals surface area contributed by atoms with E-state index >= 15 is 0 Å². The first kappa shape index (κ1) is 13.3. The number of amides is 1. The van der Waals surface area contributed by atoms with Crippen molar-refractivity contribution < 1.29 is 14.7 Å². The maximum atomic E-state index is 12.1. The highest BCUT2D eigenvalue weighted by Crippen LogP contribution is 2.24. The van der Waals surface area contributed by atoms with Gasteiger partial charge in [-0.3, -0.25) is 4.79 Å². The van der Waals surface area contributed by atoms with Crippen LogP contribution in [0.1, 0.15) is 24.0 Å². The van der Waals surface area contributed by atoms with Crippen molar-refractivity contribution in [2.45, 2.75) is 31.8 Å². The topological polar surface area (TPSA) is 57.6 Å². The summed E-state index contributed by atoms with van der Waals surface area (Å²) in [6.45, 7) is 3.96. The Morgan fingerprint density at radius 3 is 2.68 bits per heavy atom. The molecule has 19 heavy (non-hydrogen) atoms. The predicted octanol–water partition coefficient (Wildman–Crippen LogP) is 1.99. The van der Waals surface area contributed by atoms with Gasteiger partial charge in [0, 0.05) is 19.4 Å². The first-order chi connectivity index (χ1) is 9.13. The molecule has 0 fully saturated rings. The largest absolute Gasteiger partial charge is 0.480 e. The normalized spacial score (nSPS) is 17.7. The molecule has 4 heteroatoms. The molecule has 1 atom stereocenters. The highest BCUT2D eigenvalue weighted by atomic mass is 16.4. The average Bonchev–Trinajstić information content (AvgIpc) is 2.43. The molecule has 0 saturated carbocycles. The van der Waals surface area contributed by atoms with Crippen molar-refractivity contribution in [3.63, 3.8) is 0 Å². The number of carboxylic acid groups (broad SMARTS) is 1. The number of fused-ring (bicyclic) bond motifs is 1. The fourth-order valence-electron chi connectivity index (χ4n) is 2.37. The Morgan fingerprint density at radius 2 is 2.05 bits per heavy atom. The zero-order valence-corrected chi connectivity index (χ0v) is 10.7. The van der Waals surface area contributed by atoms with E-state index in [1.807, 2.05) is 24.3 Å². The van der Waals surface area contributed by atoms with Gasteiger partial charge in [-0.1, -0.05) is 30.3 Å². The van der Waals surface area contributed by atoms with Crippen LogP contribution in [0, 0.1) is 0 Å². The van der Waals surface area contributed by atoms with Crippen molar-refractivity contribution in [1.82, 2.24) is 4.90 Å². The second-order valence-electron chi connectivity index (χ2n) is 4.68. The van der Waals surface area contributed by atoms with Gasteiger partial charge in [-0.25, -0.2) is 4.79 Å². The molecule has 1 amide bonds. The van der Waals surface area contributed by atoms with E-state index in [4.69, 9.17) is 0 Å². The minimum Gasteiger partial charge on any atom is -0.480 e. The quantitative estimate of drug-likeness (QED) is 0.841. The number of rotatable bonds is 4. The van der Waals surface area contributed by atoms with Gasteiger partial charge < -0.3 is 10.0 Å². The number of allylic oxidation sites excluding steroid dienone is 1. The second kappa shape index (κ2) is 5.69. The molecule has 4 nitrogen and oxygen atoms in total. The van der Waals surface area contributed by atoms with Crippen LogP contribution < -0.4 is 0 Å². The summed E-state index contributed by atoms with van der Waals surface area (Å²) in [5.74, 6) is -1.07. The van der Waals surface area contributed by atoms with Gasteiger partial charge in [0.2, 0.25) is 5.91 Å². The van der Waals surface area contributed by atoms with Crippen LogP contribution in [-0.4, -0.2) is 27.9 Å². The maximum Gasteiger partial charge on any atom is 0.326 e. The van der Waals surface area contributed by atoms with E-state index in [1.54, 1.807) is 6.08 Å². The molecule has 1 N–H and O–H groups in total. The first-order valence-corrected chi connectivity index (χ1v) is 6.33. The molecular weight excluding hydrogens is 242 g/mol. The number of aliphatic carboxylic acids is 1. The van der Waals surface area contributed by atoms with Crippen LogP contribution in [0.5, 0.6) is 0 Å². The third-order valence-corrected chi connectivity index (χ3v) is 3.42. The molecule has 1 heterocycles. The van der Waals surface area contributed by atoms with Gasteiger partial charge in [0.15, 0.2) is 0 Å². The zero-order chi connectivity index (χ0) is 13.8. The average molecular weight is 259 g/mol. The monoisotopic (exact) mass is 259 g/mol. The Balaban J connectivity index is 2.23. The SMILES string of the molecule is C=CCCC(=O)N1Cc2ccccc2C[C@@H]1C(=O)O. The van der Waals surface area contributed by atoms with Crippen molar-refractivity contribution in [1.29, 1.82) is 0 Å². The summed E-state index contributed by atoms with van der Waals surface area (Å²) in [5, 5.41) is 9.29. The Hall–Kier alpha value is -2.10. The standard InChI is InChI=1S/C15H17NO3/c1-2-3-8-14(17)16-10-12-7-5-4-6-11(12)9-13(16)15(18)19/h2,4-7,13H,1,3,8-10H2,(H,18,19)/t13-/m1/s1. The van der Waals surface area contributed by atoms with Gasteiger partial charge in [-0.05, 0) is 17.5 Å². The molecular formula is C15H17NO3. The number of hydrogen-bond donors (Lipinski definition) is 1. The molecule has 100 valence electrons.